The summed E-state index contributed by atoms with van der Waals surface area (Å²) in [6.45, 7) is 0.433. The Bertz CT molecular complexity index is 601. The summed E-state index contributed by atoms with van der Waals surface area (Å²) in [5.41, 5.74) is 0. The zero-order valence-corrected chi connectivity index (χ0v) is 13.0. The third kappa shape index (κ3) is 4.30. The summed E-state index contributed by atoms with van der Waals surface area (Å²) in [7, 11) is -2.32. The maximum absolute atomic E-state index is 12.4. The Morgan fingerprint density at radius 3 is 2.70 bits per heavy atom. The van der Waals surface area contributed by atoms with E-state index in [0.717, 1.165) is 10.5 Å². The predicted octanol–water partition coefficient (Wildman–Crippen LogP) is 1.94. The third-order valence-electron chi connectivity index (χ3n) is 2.43. The lowest BCUT2D eigenvalue weighted by Crippen LogP contribution is -2.34. The molecule has 0 aliphatic heterocycles. The van der Waals surface area contributed by atoms with Crippen molar-refractivity contribution in [3.63, 3.8) is 0 Å². The number of aromatic nitrogens is 1. The Hall–Kier alpha value is -0.910. The molecule has 0 spiro atoms. The summed E-state index contributed by atoms with van der Waals surface area (Å²) in [6, 6.07) is 3.14. The fourth-order valence-electron chi connectivity index (χ4n) is 1.41. The van der Waals surface area contributed by atoms with Gasteiger partial charge >= 0.3 is 0 Å². The molecule has 0 atom stereocenters. The van der Waals surface area contributed by atoms with Gasteiger partial charge in [0.1, 0.15) is 10.0 Å². The van der Waals surface area contributed by atoms with Gasteiger partial charge in [-0.3, -0.25) is 0 Å². The van der Waals surface area contributed by atoms with Crippen molar-refractivity contribution >= 4 is 33.2 Å². The molecule has 0 saturated carbocycles. The summed E-state index contributed by atoms with van der Waals surface area (Å²) in [5.74, 6) is 0. The molecule has 1 aromatic rings. The fraction of sp³-hybridized carbons (Fsp3) is 0.455. The molecule has 20 heavy (non-hydrogen) atoms. The molecule has 1 heterocycles. The van der Waals surface area contributed by atoms with Gasteiger partial charge in [0.15, 0.2) is 0 Å². The highest BCUT2D eigenvalue weighted by Gasteiger charge is 2.25. The van der Waals surface area contributed by atoms with Crippen LogP contribution in [0.2, 0.25) is 10.2 Å². The van der Waals surface area contributed by atoms with E-state index in [2.05, 4.69) is 4.98 Å². The number of rotatable bonds is 7. The number of ether oxygens (including phenoxy) is 1. The third-order valence-corrected chi connectivity index (χ3v) is 4.98. The minimum atomic E-state index is -3.79. The van der Waals surface area contributed by atoms with Crippen LogP contribution in [-0.2, 0) is 14.8 Å². The first-order valence-corrected chi connectivity index (χ1v) is 7.80. The van der Waals surface area contributed by atoms with Crippen molar-refractivity contribution < 1.29 is 13.2 Å². The Morgan fingerprint density at radius 1 is 1.45 bits per heavy atom. The molecule has 110 valence electrons. The first-order chi connectivity index (χ1) is 9.43. The molecule has 6 nitrogen and oxygen atoms in total. The molecule has 0 aliphatic rings. The maximum atomic E-state index is 12.4. The van der Waals surface area contributed by atoms with Crippen molar-refractivity contribution in [2.45, 2.75) is 11.3 Å². The van der Waals surface area contributed by atoms with Gasteiger partial charge in [-0.25, -0.2) is 13.4 Å². The van der Waals surface area contributed by atoms with E-state index in [-0.39, 0.29) is 41.2 Å². The van der Waals surface area contributed by atoms with Gasteiger partial charge in [-0.05, 0) is 6.07 Å². The second-order valence-electron chi connectivity index (χ2n) is 3.75. The van der Waals surface area contributed by atoms with Gasteiger partial charge < -0.3 is 4.74 Å². The van der Waals surface area contributed by atoms with Gasteiger partial charge in [0.2, 0.25) is 10.0 Å². The summed E-state index contributed by atoms with van der Waals surface area (Å²) in [5, 5.41) is 8.69. The molecule has 0 aromatic carbocycles. The van der Waals surface area contributed by atoms with Crippen molar-refractivity contribution in [3.05, 3.63) is 22.4 Å². The Labute approximate surface area is 127 Å². The zero-order chi connectivity index (χ0) is 15.2. The Balaban J connectivity index is 3.07. The monoisotopic (exact) mass is 337 g/mol. The van der Waals surface area contributed by atoms with E-state index in [1.54, 1.807) is 0 Å². The van der Waals surface area contributed by atoms with E-state index < -0.39 is 10.0 Å². The molecule has 0 saturated heterocycles. The summed E-state index contributed by atoms with van der Waals surface area (Å²) in [6.07, 6.45) is 1.22. The van der Waals surface area contributed by atoms with E-state index in [1.165, 1.54) is 13.2 Å². The molecular formula is C11H13Cl2N3O3S. The SMILES string of the molecule is COCCN(CCC#N)S(=O)(=O)c1cnc(Cl)c(Cl)c1. The highest BCUT2D eigenvalue weighted by molar-refractivity contribution is 7.89. The van der Waals surface area contributed by atoms with Gasteiger partial charge in [-0.15, -0.1) is 0 Å². The standard InChI is InChI=1S/C11H13Cl2N3O3S/c1-19-6-5-16(4-2-3-14)20(17,18)9-7-10(12)11(13)15-8-9/h7-8H,2,4-6H2,1H3. The molecule has 0 bridgehead atoms. The van der Waals surface area contributed by atoms with Crippen molar-refractivity contribution in [1.82, 2.24) is 9.29 Å². The smallest absolute Gasteiger partial charge is 0.244 e. The number of hydrogen-bond donors (Lipinski definition) is 0. The Morgan fingerprint density at radius 2 is 2.15 bits per heavy atom. The van der Waals surface area contributed by atoms with E-state index in [4.69, 9.17) is 33.2 Å². The largest absolute Gasteiger partial charge is 0.383 e. The number of sulfonamides is 1. The molecule has 0 aliphatic carbocycles. The second-order valence-corrected chi connectivity index (χ2v) is 6.45. The lowest BCUT2D eigenvalue weighted by Gasteiger charge is -2.20. The van der Waals surface area contributed by atoms with Crippen LogP contribution in [0.25, 0.3) is 0 Å². The lowest BCUT2D eigenvalue weighted by atomic mass is 10.4. The molecule has 0 N–H and O–H groups in total. The fourth-order valence-corrected chi connectivity index (χ4v) is 3.15. The average molecular weight is 338 g/mol. The number of hydrogen-bond acceptors (Lipinski definition) is 5. The van der Waals surface area contributed by atoms with Crippen molar-refractivity contribution in [2.75, 3.05) is 26.8 Å². The number of nitriles is 1. The predicted molar refractivity (Wildman–Crippen MR) is 75.1 cm³/mol. The van der Waals surface area contributed by atoms with Gasteiger partial charge in [0.25, 0.3) is 0 Å². The van der Waals surface area contributed by atoms with Crippen LogP contribution >= 0.6 is 23.2 Å². The quantitative estimate of drug-likeness (QED) is 0.710. The van der Waals surface area contributed by atoms with Crippen LogP contribution in [0, 0.1) is 11.3 Å². The Kier molecular flexibility index (Phi) is 6.65. The molecule has 9 heteroatoms. The van der Waals surface area contributed by atoms with Gasteiger partial charge in [0, 0.05) is 32.8 Å². The van der Waals surface area contributed by atoms with Gasteiger partial charge in [-0.2, -0.15) is 9.57 Å². The van der Waals surface area contributed by atoms with Crippen LogP contribution in [0.15, 0.2) is 17.2 Å². The summed E-state index contributed by atoms with van der Waals surface area (Å²) in [4.78, 5) is 3.65. The van der Waals surface area contributed by atoms with E-state index in [0.29, 0.717) is 0 Å². The first kappa shape index (κ1) is 17.1. The molecule has 1 aromatic heterocycles. The summed E-state index contributed by atoms with van der Waals surface area (Å²) >= 11 is 11.4. The minimum Gasteiger partial charge on any atom is -0.383 e. The summed E-state index contributed by atoms with van der Waals surface area (Å²) < 4.78 is 30.9. The van der Waals surface area contributed by atoms with Crippen LogP contribution < -0.4 is 0 Å². The van der Waals surface area contributed by atoms with Crippen LogP contribution in [0.4, 0.5) is 0 Å². The molecule has 0 unspecified atom stereocenters. The molecule has 0 radical (unpaired) electrons. The molecular weight excluding hydrogens is 325 g/mol. The van der Waals surface area contributed by atoms with Crippen LogP contribution in [0.1, 0.15) is 6.42 Å². The van der Waals surface area contributed by atoms with Crippen LogP contribution in [0.5, 0.6) is 0 Å². The minimum absolute atomic E-state index is 0.0334. The van der Waals surface area contributed by atoms with Crippen LogP contribution in [0.3, 0.4) is 0 Å². The zero-order valence-electron chi connectivity index (χ0n) is 10.7. The normalized spacial score (nSPS) is 11.6. The van der Waals surface area contributed by atoms with Crippen molar-refractivity contribution in [1.29, 1.82) is 5.26 Å². The average Bonchev–Trinajstić information content (AvgIpc) is 2.41. The van der Waals surface area contributed by atoms with Crippen LogP contribution in [-0.4, -0.2) is 44.5 Å². The van der Waals surface area contributed by atoms with Crippen molar-refractivity contribution in [2.24, 2.45) is 0 Å². The van der Waals surface area contributed by atoms with Gasteiger partial charge in [-0.1, -0.05) is 23.2 Å². The van der Waals surface area contributed by atoms with E-state index in [9.17, 15) is 8.42 Å². The van der Waals surface area contributed by atoms with Crippen molar-refractivity contribution in [3.8, 4) is 6.07 Å². The first-order valence-electron chi connectivity index (χ1n) is 5.60. The lowest BCUT2D eigenvalue weighted by molar-refractivity contribution is 0.179. The molecule has 0 fully saturated rings. The molecule has 1 rings (SSSR count). The van der Waals surface area contributed by atoms with Gasteiger partial charge in [0.05, 0.1) is 17.7 Å². The molecule has 0 amide bonds. The number of halogens is 2. The number of nitrogens with zero attached hydrogens (tertiary/aromatic N) is 3. The number of pyridine rings is 1. The number of methoxy groups -OCH3 is 1. The highest BCUT2D eigenvalue weighted by Crippen LogP contribution is 2.24. The maximum Gasteiger partial charge on any atom is 0.244 e. The topological polar surface area (TPSA) is 83.3 Å². The van der Waals surface area contributed by atoms with E-state index in [1.807, 2.05) is 6.07 Å². The van der Waals surface area contributed by atoms with E-state index >= 15 is 0 Å². The highest BCUT2D eigenvalue weighted by atomic mass is 35.5. The second kappa shape index (κ2) is 7.76.